The first-order chi connectivity index (χ1) is 6.77. The summed E-state index contributed by atoms with van der Waals surface area (Å²) in [5.74, 6) is -0.558. The molecule has 0 spiro atoms. The molecule has 74 valence electrons. The number of methoxy groups -OCH3 is 1. The van der Waals surface area contributed by atoms with Gasteiger partial charge in [0.25, 0.3) is 0 Å². The van der Waals surface area contributed by atoms with Crippen LogP contribution in [0.25, 0.3) is 10.4 Å². The number of rotatable bonds is 4. The quantitative estimate of drug-likeness (QED) is 0.332. The first-order valence-electron chi connectivity index (χ1n) is 3.87. The zero-order valence-corrected chi connectivity index (χ0v) is 7.54. The third-order valence-electron chi connectivity index (χ3n) is 1.63. The van der Waals surface area contributed by atoms with Gasteiger partial charge in [0.1, 0.15) is 6.04 Å². The predicted octanol–water partition coefficient (Wildman–Crippen LogP) is 0.804. The van der Waals surface area contributed by atoms with E-state index in [1.165, 1.54) is 13.4 Å². The molecule has 0 fully saturated rings. The smallest absolute Gasteiger partial charge is 0.315 e. The molecule has 0 unspecified atom stereocenters. The van der Waals surface area contributed by atoms with Gasteiger partial charge in [0.15, 0.2) is 0 Å². The van der Waals surface area contributed by atoms with Crippen molar-refractivity contribution in [1.29, 1.82) is 0 Å². The van der Waals surface area contributed by atoms with Gasteiger partial charge in [0.2, 0.25) is 0 Å². The summed E-state index contributed by atoms with van der Waals surface area (Å²) in [6.45, 7) is 0. The Balaban J connectivity index is 2.69. The van der Waals surface area contributed by atoms with E-state index in [0.717, 1.165) is 0 Å². The minimum absolute atomic E-state index is 0.261. The number of aromatic nitrogens is 2. The van der Waals surface area contributed by atoms with Crippen LogP contribution >= 0.6 is 0 Å². The van der Waals surface area contributed by atoms with E-state index in [2.05, 4.69) is 24.7 Å². The normalized spacial score (nSPS) is 11.5. The van der Waals surface area contributed by atoms with E-state index >= 15 is 0 Å². The number of aromatic amines is 1. The van der Waals surface area contributed by atoms with Crippen LogP contribution in [0.4, 0.5) is 0 Å². The monoisotopic (exact) mass is 195 g/mol. The van der Waals surface area contributed by atoms with E-state index in [9.17, 15) is 4.79 Å². The SMILES string of the molecule is COC(=O)[C@H](Cc1cnc[nH]1)N=[N+]=[N-]. The molecule has 0 aromatic carbocycles. The van der Waals surface area contributed by atoms with Crippen molar-refractivity contribution in [2.24, 2.45) is 5.11 Å². The molecule has 7 nitrogen and oxygen atoms in total. The summed E-state index contributed by atoms with van der Waals surface area (Å²) in [6.07, 6.45) is 3.30. The molecule has 1 aromatic rings. The summed E-state index contributed by atoms with van der Waals surface area (Å²) in [6, 6.07) is -0.842. The van der Waals surface area contributed by atoms with E-state index in [1.807, 2.05) is 0 Å². The lowest BCUT2D eigenvalue weighted by Crippen LogP contribution is -2.22. The van der Waals surface area contributed by atoms with Crippen LogP contribution in [0.15, 0.2) is 17.6 Å². The first kappa shape index (κ1) is 10.1. The molecule has 7 heteroatoms. The number of H-pyrrole nitrogens is 1. The molecular formula is C7H9N5O2. The minimum Gasteiger partial charge on any atom is -0.469 e. The molecule has 0 radical (unpaired) electrons. The van der Waals surface area contributed by atoms with Crippen LogP contribution in [0.3, 0.4) is 0 Å². The second-order valence-electron chi connectivity index (χ2n) is 2.52. The van der Waals surface area contributed by atoms with Crippen molar-refractivity contribution in [1.82, 2.24) is 9.97 Å². The minimum atomic E-state index is -0.842. The molecule has 1 heterocycles. The van der Waals surface area contributed by atoms with Crippen LogP contribution in [-0.2, 0) is 16.0 Å². The number of imidazole rings is 1. The molecular weight excluding hydrogens is 186 g/mol. The van der Waals surface area contributed by atoms with Crippen LogP contribution in [-0.4, -0.2) is 29.1 Å². The Hall–Kier alpha value is -2.01. The summed E-state index contributed by atoms with van der Waals surface area (Å²) >= 11 is 0. The summed E-state index contributed by atoms with van der Waals surface area (Å²) in [5, 5.41) is 3.33. The lowest BCUT2D eigenvalue weighted by atomic mass is 10.2. The van der Waals surface area contributed by atoms with Crippen molar-refractivity contribution >= 4 is 5.97 Å². The lowest BCUT2D eigenvalue weighted by molar-refractivity contribution is -0.142. The number of esters is 1. The molecule has 1 N–H and O–H groups in total. The lowest BCUT2D eigenvalue weighted by Gasteiger charge is -2.06. The molecule has 0 aliphatic carbocycles. The van der Waals surface area contributed by atoms with Crippen molar-refractivity contribution < 1.29 is 9.53 Å². The van der Waals surface area contributed by atoms with Crippen molar-refractivity contribution in [2.45, 2.75) is 12.5 Å². The zero-order chi connectivity index (χ0) is 10.4. The fraction of sp³-hybridized carbons (Fsp3) is 0.429. The van der Waals surface area contributed by atoms with Crippen molar-refractivity contribution in [3.05, 3.63) is 28.7 Å². The number of carbonyl (C=O) groups excluding carboxylic acids is 1. The van der Waals surface area contributed by atoms with Crippen molar-refractivity contribution in [2.75, 3.05) is 7.11 Å². The summed E-state index contributed by atoms with van der Waals surface area (Å²) in [7, 11) is 1.25. The van der Waals surface area contributed by atoms with E-state index in [1.54, 1.807) is 6.20 Å². The Morgan fingerprint density at radius 2 is 2.71 bits per heavy atom. The van der Waals surface area contributed by atoms with E-state index in [4.69, 9.17) is 5.53 Å². The summed E-state index contributed by atoms with van der Waals surface area (Å²) in [5.41, 5.74) is 8.95. The van der Waals surface area contributed by atoms with Crippen LogP contribution in [0.5, 0.6) is 0 Å². The van der Waals surface area contributed by atoms with Gasteiger partial charge in [0.05, 0.1) is 13.4 Å². The number of carbonyl (C=O) groups is 1. The fourth-order valence-electron chi connectivity index (χ4n) is 0.974. The topological polar surface area (TPSA) is 104 Å². The number of azide groups is 1. The highest BCUT2D eigenvalue weighted by Gasteiger charge is 2.18. The zero-order valence-electron chi connectivity index (χ0n) is 7.54. The average Bonchev–Trinajstić information content (AvgIpc) is 2.68. The van der Waals surface area contributed by atoms with Gasteiger partial charge in [-0.2, -0.15) is 0 Å². The maximum absolute atomic E-state index is 11.1. The highest BCUT2D eigenvalue weighted by Crippen LogP contribution is 2.04. The van der Waals surface area contributed by atoms with Crippen LogP contribution in [0.2, 0.25) is 0 Å². The van der Waals surface area contributed by atoms with Crippen LogP contribution < -0.4 is 0 Å². The predicted molar refractivity (Wildman–Crippen MR) is 47.2 cm³/mol. The molecule has 1 atom stereocenters. The molecule has 0 aliphatic rings. The molecule has 14 heavy (non-hydrogen) atoms. The second kappa shape index (κ2) is 4.88. The van der Waals surface area contributed by atoms with Crippen molar-refractivity contribution in [3.8, 4) is 0 Å². The van der Waals surface area contributed by atoms with E-state index < -0.39 is 12.0 Å². The number of nitrogens with zero attached hydrogens (tertiary/aromatic N) is 4. The van der Waals surface area contributed by atoms with Gasteiger partial charge in [-0.15, -0.1) is 0 Å². The summed E-state index contributed by atoms with van der Waals surface area (Å²) in [4.78, 5) is 20.3. The highest BCUT2D eigenvalue weighted by atomic mass is 16.5. The fourth-order valence-corrected chi connectivity index (χ4v) is 0.974. The van der Waals surface area contributed by atoms with Gasteiger partial charge in [-0.3, -0.25) is 4.79 Å². The molecule has 0 bridgehead atoms. The van der Waals surface area contributed by atoms with Gasteiger partial charge in [-0.1, -0.05) is 5.11 Å². The number of nitrogens with one attached hydrogen (secondary N) is 1. The largest absolute Gasteiger partial charge is 0.469 e. The van der Waals surface area contributed by atoms with Gasteiger partial charge in [-0.25, -0.2) is 4.98 Å². The van der Waals surface area contributed by atoms with Gasteiger partial charge >= 0.3 is 5.97 Å². The maximum atomic E-state index is 11.1. The molecule has 0 saturated heterocycles. The number of hydrogen-bond acceptors (Lipinski definition) is 4. The Morgan fingerprint density at radius 3 is 3.21 bits per heavy atom. The van der Waals surface area contributed by atoms with Crippen LogP contribution in [0.1, 0.15) is 5.69 Å². The number of hydrogen-bond donors (Lipinski definition) is 1. The van der Waals surface area contributed by atoms with E-state index in [-0.39, 0.29) is 6.42 Å². The summed E-state index contributed by atoms with van der Waals surface area (Å²) < 4.78 is 4.48. The Labute approximate surface area is 79.7 Å². The maximum Gasteiger partial charge on any atom is 0.315 e. The van der Waals surface area contributed by atoms with Crippen molar-refractivity contribution in [3.63, 3.8) is 0 Å². The Bertz CT molecular complexity index is 341. The Morgan fingerprint density at radius 1 is 1.93 bits per heavy atom. The number of ether oxygens (including phenoxy) is 1. The molecule has 0 amide bonds. The standard InChI is InChI=1S/C7H9N5O2/c1-14-7(13)6(11-12-8)2-5-3-9-4-10-5/h3-4,6H,2H2,1H3,(H,9,10)/t6-/m0/s1. The average molecular weight is 195 g/mol. The van der Waals surface area contributed by atoms with E-state index in [0.29, 0.717) is 5.69 Å². The van der Waals surface area contributed by atoms with Crippen LogP contribution in [0, 0.1) is 0 Å². The van der Waals surface area contributed by atoms with Gasteiger partial charge in [-0.05, 0) is 5.53 Å². The van der Waals surface area contributed by atoms with Gasteiger partial charge in [0, 0.05) is 23.2 Å². The molecule has 1 aromatic heterocycles. The molecule has 0 saturated carbocycles. The second-order valence-corrected chi connectivity index (χ2v) is 2.52. The molecule has 1 rings (SSSR count). The van der Waals surface area contributed by atoms with Gasteiger partial charge < -0.3 is 9.72 Å². The molecule has 0 aliphatic heterocycles. The third-order valence-corrected chi connectivity index (χ3v) is 1.63. The first-order valence-corrected chi connectivity index (χ1v) is 3.87. The Kier molecular flexibility index (Phi) is 3.51. The third kappa shape index (κ3) is 2.49. The highest BCUT2D eigenvalue weighted by molar-refractivity contribution is 5.76.